The van der Waals surface area contributed by atoms with E-state index in [0.717, 1.165) is 72.1 Å². The molecule has 0 saturated carbocycles. The summed E-state index contributed by atoms with van der Waals surface area (Å²) in [6.45, 7) is 11.9. The Balaban J connectivity index is 1.55. The van der Waals surface area contributed by atoms with Crippen LogP contribution in [-0.2, 0) is 58.0 Å². The van der Waals surface area contributed by atoms with Crippen LogP contribution in [0.2, 0.25) is 0 Å². The third-order valence-electron chi connectivity index (χ3n) is 11.8. The maximum absolute atomic E-state index is 13.1. The van der Waals surface area contributed by atoms with Gasteiger partial charge in [0, 0.05) is 0 Å². The second-order valence-electron chi connectivity index (χ2n) is 18.2. The van der Waals surface area contributed by atoms with Gasteiger partial charge in [-0.25, -0.2) is 58.3 Å². The molecule has 0 spiro atoms. The standard InChI is InChI=1S/C61H68O20Si4/c1-9-17-45(13-5)82-49-29-21-41(22-30-49)53(62)74-78-57(66)70-37-61(38-71-58(67)79-75-54(63)42-23-31-50(32-24-42)83-46(14-6)18-10-2,39-72-59(68)80-76-55(64)43-25-33-51(34-26-43)84-47(15-7)19-11-3)40-73-60(69)81-77-56(65)44-27-35-52(36-28-44)85-48(16-8)20-12-4/h17-36H,9-16,37-40H2,1-8H3/b45-17+,46-18+,47-19+,48-20+. The molecule has 0 aliphatic carbocycles. The van der Waals surface area contributed by atoms with E-state index in [4.69, 9.17) is 38.5 Å². The monoisotopic (exact) mass is 1230 g/mol. The number of rotatable bonds is 28. The van der Waals surface area contributed by atoms with E-state index in [-0.39, 0.29) is 22.3 Å². The lowest BCUT2D eigenvalue weighted by Gasteiger charge is -2.30. The maximum Gasteiger partial charge on any atom is 0.549 e. The fourth-order valence-corrected chi connectivity index (χ4v) is 12.0. The van der Waals surface area contributed by atoms with Gasteiger partial charge in [0.05, 0.1) is 22.3 Å². The predicted octanol–water partition coefficient (Wildman–Crippen LogP) is 9.81. The Labute approximate surface area is 504 Å². The molecule has 0 aliphatic rings. The van der Waals surface area contributed by atoms with E-state index >= 15 is 0 Å². The molecule has 8 radical (unpaired) electrons. The van der Waals surface area contributed by atoms with Crippen LogP contribution in [0, 0.1) is 5.41 Å². The summed E-state index contributed by atoms with van der Waals surface area (Å²) in [5.41, 5.74) is -2.23. The molecule has 4 aromatic rings. The smallest absolute Gasteiger partial charge is 0.431 e. The topological polar surface area (TPSA) is 247 Å². The molecular formula is C61H68O20Si4. The van der Waals surface area contributed by atoms with Gasteiger partial charge in [-0.2, -0.15) is 19.2 Å². The first kappa shape index (κ1) is 69.2. The fraction of sp³-hybridized carbons (Fsp3) is 0.344. The van der Waals surface area contributed by atoms with E-state index in [1.807, 2.05) is 55.4 Å². The van der Waals surface area contributed by atoms with Gasteiger partial charge in [-0.05, 0) is 99.9 Å². The van der Waals surface area contributed by atoms with Crippen LogP contribution in [0.1, 0.15) is 148 Å². The van der Waals surface area contributed by atoms with Crippen molar-refractivity contribution in [3.05, 3.63) is 164 Å². The normalized spacial score (nSPS) is 11.8. The third kappa shape index (κ3) is 25.2. The van der Waals surface area contributed by atoms with E-state index in [2.05, 4.69) is 43.9 Å². The minimum absolute atomic E-state index is 0.00860. The Bertz CT molecular complexity index is 2570. The van der Waals surface area contributed by atoms with Gasteiger partial charge in [-0.3, -0.25) is 0 Å². The Kier molecular flexibility index (Phi) is 30.7. The number of hydrogen-bond donors (Lipinski definition) is 0. The summed E-state index contributed by atoms with van der Waals surface area (Å²) in [5.74, 6) is -4.38. The second-order valence-corrected chi connectivity index (χ2v) is 24.1. The highest BCUT2D eigenvalue weighted by atomic mass is 28.2. The zero-order valence-electron chi connectivity index (χ0n) is 48.7. The molecule has 0 unspecified atom stereocenters. The lowest BCUT2D eigenvalue weighted by molar-refractivity contribution is -0.223. The van der Waals surface area contributed by atoms with Crippen molar-refractivity contribution in [2.75, 3.05) is 26.4 Å². The van der Waals surface area contributed by atoms with E-state index in [0.29, 0.717) is 38.1 Å². The first-order valence-corrected chi connectivity index (χ1v) is 31.5. The molecule has 448 valence electrons. The van der Waals surface area contributed by atoms with Gasteiger partial charge in [0.25, 0.3) is 0 Å². The Morgan fingerprint density at radius 1 is 0.306 bits per heavy atom. The minimum Gasteiger partial charge on any atom is -0.431 e. The van der Waals surface area contributed by atoms with Crippen LogP contribution in [0.3, 0.4) is 0 Å². The molecule has 0 heterocycles. The van der Waals surface area contributed by atoms with Crippen molar-refractivity contribution < 1.29 is 96.4 Å². The number of carbonyl (C=O) groups is 8. The molecule has 24 heteroatoms. The lowest BCUT2D eigenvalue weighted by Crippen LogP contribution is -2.44. The summed E-state index contributed by atoms with van der Waals surface area (Å²) in [5, 5.41) is 8.70. The Morgan fingerprint density at radius 2 is 0.494 bits per heavy atom. The average Bonchev–Trinajstić information content (AvgIpc) is 3.69. The average molecular weight is 1230 g/mol. The van der Waals surface area contributed by atoms with Crippen LogP contribution in [0.5, 0.6) is 0 Å². The summed E-state index contributed by atoms with van der Waals surface area (Å²) >= 11 is 0. The van der Waals surface area contributed by atoms with Crippen LogP contribution in [0.4, 0.5) is 19.2 Å². The predicted molar refractivity (Wildman–Crippen MR) is 316 cm³/mol. The molecular weight excluding hydrogens is 1160 g/mol. The highest BCUT2D eigenvalue weighted by Crippen LogP contribution is 2.23. The van der Waals surface area contributed by atoms with Crippen molar-refractivity contribution in [1.82, 2.24) is 0 Å². The van der Waals surface area contributed by atoms with Crippen molar-refractivity contribution in [3.8, 4) is 0 Å². The van der Waals surface area contributed by atoms with Crippen molar-refractivity contribution in [3.63, 3.8) is 0 Å². The zero-order chi connectivity index (χ0) is 62.0. The second kappa shape index (κ2) is 37.8. The van der Waals surface area contributed by atoms with Crippen LogP contribution in [-0.4, -0.2) is 113 Å². The summed E-state index contributed by atoms with van der Waals surface area (Å²) < 4.78 is 20.9. The molecule has 4 rings (SSSR count). The highest BCUT2D eigenvalue weighted by molar-refractivity contribution is 6.62. The SMILES string of the molecule is CC/C=C(\CC)[Si]c1ccc(C(=O)OOC(=O)OCC(COC(=O)OOC(=O)c2ccc([Si]/C(=C/CC)CC)cc2)(COC(=O)OOC(=O)c2ccc([Si]/C(=C/CC)CC)cc2)COC(=O)OOC(=O)c2ccc([Si]/C(=C/CC)CC)cc2)cc1. The summed E-state index contributed by atoms with van der Waals surface area (Å²) in [6, 6.07) is 25.5. The minimum atomic E-state index is -2.27. The molecule has 0 N–H and O–H groups in total. The van der Waals surface area contributed by atoms with Gasteiger partial charge in [-0.1, -0.05) is 170 Å². The van der Waals surface area contributed by atoms with Gasteiger partial charge < -0.3 is 18.9 Å². The molecule has 0 amide bonds. The maximum atomic E-state index is 13.1. The van der Waals surface area contributed by atoms with Crippen molar-refractivity contribution in [2.45, 2.75) is 107 Å². The summed E-state index contributed by atoms with van der Waals surface area (Å²) in [4.78, 5) is 142. The van der Waals surface area contributed by atoms with E-state index < -0.39 is 80.3 Å². The quantitative estimate of drug-likeness (QED) is 0.0169. The number of benzene rings is 4. The number of carbonyl (C=O) groups excluding carboxylic acids is 8. The van der Waals surface area contributed by atoms with Gasteiger partial charge in [-0.15, -0.1) is 0 Å². The first-order valence-electron chi connectivity index (χ1n) is 27.5. The fourth-order valence-electron chi connectivity index (χ4n) is 7.29. The van der Waals surface area contributed by atoms with E-state index in [1.165, 1.54) is 69.3 Å². The molecule has 0 fully saturated rings. The van der Waals surface area contributed by atoms with Crippen LogP contribution < -0.4 is 20.7 Å². The molecule has 0 aliphatic heterocycles. The molecule has 0 saturated heterocycles. The molecule has 85 heavy (non-hydrogen) atoms. The van der Waals surface area contributed by atoms with Crippen LogP contribution in [0.15, 0.2) is 142 Å². The van der Waals surface area contributed by atoms with Gasteiger partial charge >= 0.3 is 48.5 Å². The molecule has 0 atom stereocenters. The molecule has 4 aromatic carbocycles. The summed E-state index contributed by atoms with van der Waals surface area (Å²) in [7, 11) is 1.46. The molecule has 20 nitrogen and oxygen atoms in total. The number of hydrogen-bond acceptors (Lipinski definition) is 20. The number of ether oxygens (including phenoxy) is 4. The Hall–Kier alpha value is -8.33. The van der Waals surface area contributed by atoms with E-state index in [9.17, 15) is 38.4 Å². The first-order chi connectivity index (χ1) is 41.0. The lowest BCUT2D eigenvalue weighted by atomic mass is 9.92. The van der Waals surface area contributed by atoms with Crippen LogP contribution in [0.25, 0.3) is 0 Å². The summed E-state index contributed by atoms with van der Waals surface area (Å²) in [6.07, 6.45) is 8.68. The number of allylic oxidation sites excluding steroid dienone is 8. The largest absolute Gasteiger partial charge is 0.549 e. The van der Waals surface area contributed by atoms with Crippen molar-refractivity contribution >= 4 is 107 Å². The van der Waals surface area contributed by atoms with Crippen molar-refractivity contribution in [2.24, 2.45) is 5.41 Å². The molecule has 0 aromatic heterocycles. The highest BCUT2D eigenvalue weighted by Gasteiger charge is 2.40. The van der Waals surface area contributed by atoms with Crippen LogP contribution >= 0.6 is 0 Å². The zero-order valence-corrected chi connectivity index (χ0v) is 52.7. The van der Waals surface area contributed by atoms with E-state index in [1.54, 1.807) is 48.5 Å². The van der Waals surface area contributed by atoms with Gasteiger partial charge in [0.2, 0.25) is 0 Å². The Morgan fingerprint density at radius 3 is 0.659 bits per heavy atom. The molecule has 0 bridgehead atoms. The third-order valence-corrected chi connectivity index (χ3v) is 17.8. The van der Waals surface area contributed by atoms with Crippen molar-refractivity contribution in [1.29, 1.82) is 0 Å². The van der Waals surface area contributed by atoms with Gasteiger partial charge in [0.1, 0.15) is 69.9 Å². The van der Waals surface area contributed by atoms with Gasteiger partial charge in [0.15, 0.2) is 0 Å².